The molecule has 0 amide bonds. The van der Waals surface area contributed by atoms with Crippen molar-refractivity contribution in [1.82, 2.24) is 0 Å². The second-order valence-corrected chi connectivity index (χ2v) is 1.97. The molecule has 0 aliphatic carbocycles. The van der Waals surface area contributed by atoms with E-state index < -0.39 is 19.6 Å². The van der Waals surface area contributed by atoms with Gasteiger partial charge in [0.2, 0.25) is 0 Å². The Morgan fingerprint density at radius 2 is 1.00 bits per heavy atom. The molecule has 0 bridgehead atoms. The summed E-state index contributed by atoms with van der Waals surface area (Å²) < 4.78 is 42.6. The van der Waals surface area contributed by atoms with E-state index in [0.717, 1.165) is 0 Å². The normalized spacial score (nSPS) is 7.45. The van der Waals surface area contributed by atoms with Crippen LogP contribution in [0.25, 0.3) is 0 Å². The van der Waals surface area contributed by atoms with Crippen LogP contribution in [0.5, 0.6) is 0 Å². The summed E-state index contributed by atoms with van der Waals surface area (Å²) in [7, 11) is -8.80. The molecule has 4 radical (unpaired) electrons. The zero-order chi connectivity index (χ0) is 8.08. The van der Waals surface area contributed by atoms with E-state index in [1.165, 1.54) is 0 Å². The third-order valence-corrected chi connectivity index (χ3v) is 0. The van der Waals surface area contributed by atoms with Crippen molar-refractivity contribution in [3.8, 4) is 0 Å². The van der Waals surface area contributed by atoms with Gasteiger partial charge in [-0.05, 0) is 0 Å². The van der Waals surface area contributed by atoms with Gasteiger partial charge >= 0.3 is 54.6 Å². The van der Waals surface area contributed by atoms with Crippen LogP contribution in [-0.2, 0) is 14.9 Å². The van der Waals surface area contributed by atoms with Crippen molar-refractivity contribution in [3.63, 3.8) is 0 Å². The zero-order valence-electron chi connectivity index (χ0n) is 4.77. The predicted molar refractivity (Wildman–Crippen MR) is 28.4 cm³/mol. The molecule has 0 aliphatic rings. The van der Waals surface area contributed by atoms with Crippen molar-refractivity contribution in [2.45, 2.75) is 0 Å². The average molecular weight is 587 g/mol. The van der Waals surface area contributed by atoms with E-state index in [-0.39, 0.29) is 54.6 Å². The van der Waals surface area contributed by atoms with Gasteiger partial charge in [0.05, 0.1) is 0 Å². The Kier molecular flexibility index (Phi) is 23.5. The molecule has 11 heteroatoms. The maximum Gasteiger partial charge on any atom is 2.00 e. The number of hydrogen-bond acceptors (Lipinski definition) is 7. The molecule has 0 aromatic heterocycles. The van der Waals surface area contributed by atoms with E-state index in [0.29, 0.717) is 0 Å². The van der Waals surface area contributed by atoms with E-state index in [1.807, 2.05) is 0 Å². The molecule has 60 valence electrons. The van der Waals surface area contributed by atoms with Crippen molar-refractivity contribution < 1.29 is 31.6 Å². The Morgan fingerprint density at radius 3 is 1.00 bits per heavy atom. The second kappa shape index (κ2) is 11.3. The van der Waals surface area contributed by atoms with Gasteiger partial charge in [0.1, 0.15) is 0 Å². The quantitative estimate of drug-likeness (QED) is 0.157. The first-order valence-corrected chi connectivity index (χ1v) is 3.84. The van der Waals surface area contributed by atoms with Crippen LogP contribution in [0.3, 0.4) is 0 Å². The van der Waals surface area contributed by atoms with Crippen molar-refractivity contribution in [1.29, 1.82) is 0 Å². The van der Waals surface area contributed by atoms with Crippen LogP contribution in [0.2, 0.25) is 0 Å². The molecule has 0 atom stereocenters. The zero-order valence-corrected chi connectivity index (χ0v) is 14.4. The van der Waals surface area contributed by atoms with Gasteiger partial charge < -0.3 is 23.2 Å². The maximum atomic E-state index is 8.52. The Morgan fingerprint density at radius 1 is 1.00 bits per heavy atom. The standard InChI is InChI=1S/H2O4S.O3Si.2Pb/c1-5(2,3)4;1-4(2)3;;/h(H2,1,2,3,4);;;/q;-2;2*+2/p-2. The van der Waals surface area contributed by atoms with Crippen molar-refractivity contribution in [2.75, 3.05) is 0 Å². The Bertz CT molecular complexity index is 159. The van der Waals surface area contributed by atoms with Gasteiger partial charge in [-0.25, -0.2) is 0 Å². The Balaban J connectivity index is -0.0000000383. The fourth-order valence-electron chi connectivity index (χ4n) is 0. The van der Waals surface area contributed by atoms with Crippen LogP contribution in [-0.4, -0.2) is 81.3 Å². The van der Waals surface area contributed by atoms with Gasteiger partial charge in [0.25, 0.3) is 0 Å². The molecule has 0 saturated carbocycles. The van der Waals surface area contributed by atoms with Crippen LogP contribution in [0.15, 0.2) is 0 Å². The summed E-state index contributed by atoms with van der Waals surface area (Å²) in [6, 6.07) is 0. The summed E-state index contributed by atoms with van der Waals surface area (Å²) >= 11 is 0. The van der Waals surface area contributed by atoms with Crippen molar-refractivity contribution >= 4 is 74.2 Å². The largest absolute Gasteiger partial charge is 2.00 e. The minimum Gasteiger partial charge on any atom is -0.759 e. The Hall–Kier alpha value is 1.33. The fraction of sp³-hybridized carbons (Fsp3) is 0. The van der Waals surface area contributed by atoms with E-state index in [9.17, 15) is 0 Å². The summed E-state index contributed by atoms with van der Waals surface area (Å²) in [5.74, 6) is 0. The second-order valence-electron chi connectivity index (χ2n) is 0.658. The smallest absolute Gasteiger partial charge is 0.759 e. The topological polar surface area (TPSA) is 143 Å². The monoisotopic (exact) mass is 588 g/mol. The molecule has 0 rings (SSSR count). The number of hydrogen-bond donors (Lipinski definition) is 0. The first-order chi connectivity index (χ1) is 3.73. The number of rotatable bonds is 0. The molecule has 0 N–H and O–H groups in total. The van der Waals surface area contributed by atoms with Crippen molar-refractivity contribution in [3.05, 3.63) is 0 Å². The average Bonchev–Trinajstić information content (AvgIpc) is 1.19. The Labute approximate surface area is 105 Å². The minimum absolute atomic E-state index is 0. The van der Waals surface area contributed by atoms with E-state index >= 15 is 0 Å². The maximum absolute atomic E-state index is 8.52. The van der Waals surface area contributed by atoms with Gasteiger partial charge in [-0.3, -0.25) is 8.42 Å². The van der Waals surface area contributed by atoms with Crippen LogP contribution in [0.4, 0.5) is 0 Å². The molecule has 0 fully saturated rings. The van der Waals surface area contributed by atoms with E-state index in [4.69, 9.17) is 31.6 Å². The first-order valence-electron chi connectivity index (χ1n) is 1.28. The first kappa shape index (κ1) is 22.8. The van der Waals surface area contributed by atoms with Gasteiger partial charge in [-0.15, -0.1) is 0 Å². The molecule has 11 heavy (non-hydrogen) atoms. The third-order valence-electron chi connectivity index (χ3n) is 0. The van der Waals surface area contributed by atoms with Gasteiger partial charge in [-0.1, -0.05) is 0 Å². The molecular weight excluding hydrogens is 587 g/mol. The molecule has 0 spiro atoms. The summed E-state index contributed by atoms with van der Waals surface area (Å²) in [6.45, 7) is 0. The predicted octanol–water partition coefficient (Wildman–Crippen LogP) is -4.98. The van der Waals surface area contributed by atoms with Gasteiger partial charge in [-0.2, -0.15) is 0 Å². The SMILES string of the molecule is O=S(=O)([O-])[O-].O=[Si]([O-])[O-].[Pb+2].[Pb+2]. The van der Waals surface area contributed by atoms with Crippen LogP contribution < -0.4 is 9.59 Å². The molecule has 0 heterocycles. The van der Waals surface area contributed by atoms with Crippen LogP contribution in [0, 0.1) is 0 Å². The fourth-order valence-corrected chi connectivity index (χ4v) is 0. The summed E-state index contributed by atoms with van der Waals surface area (Å²) in [6.07, 6.45) is 0. The molecule has 0 aromatic carbocycles. The molecule has 7 nitrogen and oxygen atoms in total. The third kappa shape index (κ3) is 557. The summed E-state index contributed by atoms with van der Waals surface area (Å²) in [4.78, 5) is 17.0. The van der Waals surface area contributed by atoms with Crippen molar-refractivity contribution in [2.24, 2.45) is 0 Å². The van der Waals surface area contributed by atoms with Crippen LogP contribution >= 0.6 is 0 Å². The van der Waals surface area contributed by atoms with Crippen LogP contribution in [0.1, 0.15) is 0 Å². The van der Waals surface area contributed by atoms with E-state index in [2.05, 4.69) is 0 Å². The molecule has 0 aromatic rings. The molecule has 0 unspecified atom stereocenters. The van der Waals surface area contributed by atoms with E-state index in [1.54, 1.807) is 0 Å². The summed E-state index contributed by atoms with van der Waals surface area (Å²) in [5.41, 5.74) is 0. The van der Waals surface area contributed by atoms with Gasteiger partial charge in [0, 0.05) is 19.6 Å². The minimum atomic E-state index is -5.17. The molecule has 0 saturated heterocycles. The summed E-state index contributed by atoms with van der Waals surface area (Å²) in [5, 5.41) is 0. The molecule has 0 aliphatic heterocycles. The molecular formula is O7Pb2SSi. The van der Waals surface area contributed by atoms with Gasteiger partial charge in [0.15, 0.2) is 0 Å².